The average Bonchev–Trinajstić information content (AvgIpc) is 3.60. The van der Waals surface area contributed by atoms with Crippen LogP contribution in [0.25, 0.3) is 0 Å². The molecule has 1 aliphatic heterocycles. The molecule has 1 fully saturated rings. The molecule has 284 valence electrons. The van der Waals surface area contributed by atoms with Crippen molar-refractivity contribution in [3.8, 4) is 11.5 Å². The maximum absolute atomic E-state index is 13.9. The van der Waals surface area contributed by atoms with Gasteiger partial charge in [-0.25, -0.2) is 14.4 Å². The second-order valence-electron chi connectivity index (χ2n) is 14.0. The summed E-state index contributed by atoms with van der Waals surface area (Å²) in [5.41, 5.74) is -4.05. The SMILES string of the molecule is COc1ccc(OC)c(C(=O)O[C@H]2[C@@H](C)C(OC(C)=O)COC(C)C(C)(C)[C@@]2(O)CCOC(=O)[C@H](O)[C@@H](NC(=O)OC(C)(C)C)c2ccco2)c1. The van der Waals surface area contributed by atoms with E-state index < -0.39 is 83.6 Å². The van der Waals surface area contributed by atoms with Crippen molar-refractivity contribution in [3.63, 3.8) is 0 Å². The summed E-state index contributed by atoms with van der Waals surface area (Å²) in [4.78, 5) is 51.8. The lowest BCUT2D eigenvalue weighted by Gasteiger charge is -2.53. The van der Waals surface area contributed by atoms with Gasteiger partial charge < -0.3 is 53.1 Å². The number of hydrogen-bond acceptors (Lipinski definition) is 14. The minimum absolute atomic E-state index is 0.00982. The van der Waals surface area contributed by atoms with Crippen LogP contribution in [0, 0.1) is 11.3 Å². The Balaban J connectivity index is 1.96. The van der Waals surface area contributed by atoms with Crippen molar-refractivity contribution in [2.45, 2.75) is 103 Å². The molecular formula is C36H51NO14. The van der Waals surface area contributed by atoms with E-state index in [0.717, 1.165) is 0 Å². The van der Waals surface area contributed by atoms with Gasteiger partial charge in [-0.1, -0.05) is 20.8 Å². The predicted octanol–water partition coefficient (Wildman–Crippen LogP) is 4.13. The van der Waals surface area contributed by atoms with Crippen molar-refractivity contribution in [3.05, 3.63) is 47.9 Å². The molecule has 0 radical (unpaired) electrons. The summed E-state index contributed by atoms with van der Waals surface area (Å²) >= 11 is 0. The molecule has 1 aliphatic rings. The van der Waals surface area contributed by atoms with Crippen LogP contribution in [0.15, 0.2) is 41.0 Å². The van der Waals surface area contributed by atoms with Crippen molar-refractivity contribution >= 4 is 24.0 Å². The summed E-state index contributed by atoms with van der Waals surface area (Å²) < 4.78 is 44.5. The fraction of sp³-hybridized carbons (Fsp3) is 0.611. The first-order chi connectivity index (χ1) is 23.7. The van der Waals surface area contributed by atoms with Gasteiger partial charge in [-0.2, -0.15) is 0 Å². The smallest absolute Gasteiger partial charge is 0.408 e. The number of aliphatic hydroxyl groups excluding tert-OH is 1. The Kier molecular flexibility index (Phi) is 13.5. The van der Waals surface area contributed by atoms with Crippen molar-refractivity contribution < 1.29 is 67.0 Å². The Labute approximate surface area is 297 Å². The maximum atomic E-state index is 13.9. The Morgan fingerprint density at radius 3 is 2.31 bits per heavy atom. The Bertz CT molecular complexity index is 1500. The largest absolute Gasteiger partial charge is 0.497 e. The Morgan fingerprint density at radius 1 is 1.06 bits per heavy atom. The number of aliphatic hydroxyl groups is 2. The number of benzene rings is 1. The highest BCUT2D eigenvalue weighted by Gasteiger charge is 2.58. The molecule has 3 N–H and O–H groups in total. The van der Waals surface area contributed by atoms with Crippen molar-refractivity contribution in [2.24, 2.45) is 11.3 Å². The molecule has 2 unspecified atom stereocenters. The third-order valence-electron chi connectivity index (χ3n) is 9.16. The lowest BCUT2D eigenvalue weighted by Crippen LogP contribution is -2.65. The maximum Gasteiger partial charge on any atom is 0.408 e. The molecule has 1 aromatic carbocycles. The molecule has 51 heavy (non-hydrogen) atoms. The minimum Gasteiger partial charge on any atom is -0.497 e. The van der Waals surface area contributed by atoms with Crippen LogP contribution < -0.4 is 14.8 Å². The van der Waals surface area contributed by atoms with Gasteiger partial charge in [0.05, 0.1) is 39.8 Å². The van der Waals surface area contributed by atoms with Gasteiger partial charge in [-0.3, -0.25) is 4.79 Å². The number of rotatable bonds is 12. The van der Waals surface area contributed by atoms with E-state index in [1.54, 1.807) is 54.5 Å². The van der Waals surface area contributed by atoms with Crippen LogP contribution in [-0.2, 0) is 33.3 Å². The molecule has 2 heterocycles. The van der Waals surface area contributed by atoms with Gasteiger partial charge in [0, 0.05) is 24.7 Å². The number of nitrogens with one attached hydrogen (secondary N) is 1. The number of esters is 3. The summed E-state index contributed by atoms with van der Waals surface area (Å²) in [5.74, 6) is -2.89. The third-order valence-corrected chi connectivity index (χ3v) is 9.16. The second-order valence-corrected chi connectivity index (χ2v) is 14.0. The summed E-state index contributed by atoms with van der Waals surface area (Å²) in [6, 6.07) is 6.15. The lowest BCUT2D eigenvalue weighted by molar-refractivity contribution is -0.243. The summed E-state index contributed by atoms with van der Waals surface area (Å²) in [5, 5.41) is 26.2. The van der Waals surface area contributed by atoms with E-state index in [-0.39, 0.29) is 30.1 Å². The fourth-order valence-electron chi connectivity index (χ4n) is 5.86. The van der Waals surface area contributed by atoms with Crippen LogP contribution >= 0.6 is 0 Å². The van der Waals surface area contributed by atoms with Crippen LogP contribution in [0.1, 0.15) is 84.0 Å². The first-order valence-electron chi connectivity index (χ1n) is 16.6. The number of carbonyl (C=O) groups excluding carboxylic acids is 4. The number of amides is 1. The van der Waals surface area contributed by atoms with E-state index in [0.29, 0.717) is 5.75 Å². The van der Waals surface area contributed by atoms with Crippen molar-refractivity contribution in [1.29, 1.82) is 0 Å². The molecule has 0 saturated carbocycles. The molecule has 1 amide bonds. The summed E-state index contributed by atoms with van der Waals surface area (Å²) in [6.07, 6.45) is -4.92. The first-order valence-corrected chi connectivity index (χ1v) is 16.6. The topological polar surface area (TPSA) is 199 Å². The number of hydrogen-bond donors (Lipinski definition) is 3. The molecule has 1 aromatic heterocycles. The van der Waals surface area contributed by atoms with Crippen molar-refractivity contribution in [1.82, 2.24) is 5.32 Å². The molecule has 3 rings (SSSR count). The predicted molar refractivity (Wildman–Crippen MR) is 180 cm³/mol. The van der Waals surface area contributed by atoms with E-state index >= 15 is 0 Å². The molecule has 1 saturated heterocycles. The molecular weight excluding hydrogens is 670 g/mol. The van der Waals surface area contributed by atoms with Gasteiger partial charge in [-0.15, -0.1) is 0 Å². The molecule has 15 heteroatoms. The number of carbonyl (C=O) groups is 4. The van der Waals surface area contributed by atoms with E-state index in [1.807, 2.05) is 0 Å². The highest BCUT2D eigenvalue weighted by Crippen LogP contribution is 2.47. The highest BCUT2D eigenvalue weighted by molar-refractivity contribution is 5.93. The van der Waals surface area contributed by atoms with Crippen LogP contribution in [0.2, 0.25) is 0 Å². The third kappa shape index (κ3) is 9.92. The zero-order chi connectivity index (χ0) is 38.3. The first kappa shape index (κ1) is 41.1. The highest BCUT2D eigenvalue weighted by atomic mass is 16.6. The molecule has 2 aromatic rings. The van der Waals surface area contributed by atoms with E-state index in [1.165, 1.54) is 51.7 Å². The molecule has 0 aliphatic carbocycles. The molecule has 0 bridgehead atoms. The zero-order valence-corrected chi connectivity index (χ0v) is 30.8. The monoisotopic (exact) mass is 721 g/mol. The van der Waals surface area contributed by atoms with E-state index in [2.05, 4.69) is 5.32 Å². The number of ether oxygens (including phenoxy) is 7. The number of methoxy groups -OCH3 is 2. The zero-order valence-electron chi connectivity index (χ0n) is 30.8. The van der Waals surface area contributed by atoms with Crippen LogP contribution in [0.4, 0.5) is 4.79 Å². The lowest BCUT2D eigenvalue weighted by atomic mass is 9.63. The van der Waals surface area contributed by atoms with Gasteiger partial charge in [0.25, 0.3) is 0 Å². The molecule has 0 spiro atoms. The fourth-order valence-corrected chi connectivity index (χ4v) is 5.86. The van der Waals surface area contributed by atoms with Gasteiger partial charge >= 0.3 is 24.0 Å². The second kappa shape index (κ2) is 16.8. The minimum atomic E-state index is -2.01. The quantitative estimate of drug-likeness (QED) is 0.209. The van der Waals surface area contributed by atoms with Crippen LogP contribution in [-0.4, -0.2) is 97.3 Å². The normalized spacial score (nSPS) is 24.5. The van der Waals surface area contributed by atoms with Crippen LogP contribution in [0.3, 0.4) is 0 Å². The number of alkyl carbamates (subject to hydrolysis) is 1. The van der Waals surface area contributed by atoms with E-state index in [9.17, 15) is 29.4 Å². The van der Waals surface area contributed by atoms with Crippen molar-refractivity contribution in [2.75, 3.05) is 27.4 Å². The number of furan rings is 1. The van der Waals surface area contributed by atoms with Gasteiger partial charge in [0.15, 0.2) is 6.10 Å². The summed E-state index contributed by atoms with van der Waals surface area (Å²) in [7, 11) is 2.82. The van der Waals surface area contributed by atoms with Gasteiger partial charge in [0.2, 0.25) is 0 Å². The standard InChI is InChI=1S/C36H51NO14/c1-20-27(49-22(3)38)19-48-21(2)35(7,8)36(43,30(20)50-31(40)24-18-23(44-9)13-14-25(24)45-10)15-17-47-32(41)29(39)28(26-12-11-16-46-26)37-33(42)51-34(4,5)6/h11-14,16,18,20-21,27-30,39,43H,15,17,19H2,1-10H3,(H,37,42)/t20-,21?,27?,28-,29+,30-,36+/m0/s1. The Morgan fingerprint density at radius 2 is 1.75 bits per heavy atom. The average molecular weight is 722 g/mol. The van der Waals surface area contributed by atoms with Crippen LogP contribution in [0.5, 0.6) is 11.5 Å². The van der Waals surface area contributed by atoms with Gasteiger partial charge in [0.1, 0.15) is 52.3 Å². The Hall–Kier alpha value is -4.34. The molecule has 7 atom stereocenters. The summed E-state index contributed by atoms with van der Waals surface area (Å²) in [6.45, 7) is 12.4. The van der Waals surface area contributed by atoms with E-state index in [4.69, 9.17) is 37.6 Å². The van der Waals surface area contributed by atoms with Gasteiger partial charge in [-0.05, 0) is 58.0 Å². The molecule has 15 nitrogen and oxygen atoms in total.